The highest BCUT2D eigenvalue weighted by atomic mass is 19.4. The fraction of sp³-hybridized carbons (Fsp3) is 0.538. The Morgan fingerprint density at radius 1 is 1.32 bits per heavy atom. The number of piperazine rings is 1. The Labute approximate surface area is 110 Å². The molecule has 3 nitrogen and oxygen atoms in total. The average Bonchev–Trinajstić information content (AvgIpc) is 2.30. The van der Waals surface area contributed by atoms with Crippen LogP contribution in [-0.4, -0.2) is 36.9 Å². The van der Waals surface area contributed by atoms with Gasteiger partial charge in [0.1, 0.15) is 5.75 Å². The topological polar surface area (TPSA) is 24.5 Å². The lowest BCUT2D eigenvalue weighted by Crippen LogP contribution is -2.48. The van der Waals surface area contributed by atoms with E-state index in [1.165, 1.54) is 12.1 Å². The van der Waals surface area contributed by atoms with Crippen LogP contribution >= 0.6 is 0 Å². The number of halogens is 3. The zero-order valence-corrected chi connectivity index (χ0v) is 10.7. The van der Waals surface area contributed by atoms with Crippen LogP contribution in [0.2, 0.25) is 0 Å². The molecule has 0 amide bonds. The van der Waals surface area contributed by atoms with Gasteiger partial charge in [-0.15, -0.1) is 13.2 Å². The first-order valence-electron chi connectivity index (χ1n) is 6.23. The summed E-state index contributed by atoms with van der Waals surface area (Å²) in [7, 11) is 0. The SMILES string of the molecule is C[C@@H]1CN(Cc2ccc(OC(F)(F)F)cc2)CCN1. The number of nitrogens with zero attached hydrogens (tertiary/aromatic N) is 1. The first-order chi connectivity index (χ1) is 8.92. The molecule has 0 saturated carbocycles. The smallest absolute Gasteiger partial charge is 0.406 e. The van der Waals surface area contributed by atoms with Crippen LogP contribution in [0, 0.1) is 0 Å². The lowest BCUT2D eigenvalue weighted by molar-refractivity contribution is -0.274. The first kappa shape index (κ1) is 14.1. The van der Waals surface area contributed by atoms with Crippen LogP contribution in [0.5, 0.6) is 5.75 Å². The molecule has 0 unspecified atom stereocenters. The van der Waals surface area contributed by atoms with Gasteiger partial charge in [-0.1, -0.05) is 12.1 Å². The van der Waals surface area contributed by atoms with E-state index in [4.69, 9.17) is 0 Å². The molecule has 0 spiro atoms. The first-order valence-corrected chi connectivity index (χ1v) is 6.23. The highest BCUT2D eigenvalue weighted by Crippen LogP contribution is 2.23. The van der Waals surface area contributed by atoms with Crippen molar-refractivity contribution in [1.82, 2.24) is 10.2 Å². The van der Waals surface area contributed by atoms with E-state index >= 15 is 0 Å². The van der Waals surface area contributed by atoms with Crippen LogP contribution in [0.4, 0.5) is 13.2 Å². The van der Waals surface area contributed by atoms with E-state index in [9.17, 15) is 13.2 Å². The number of nitrogens with one attached hydrogen (secondary N) is 1. The van der Waals surface area contributed by atoms with Crippen LogP contribution in [0.25, 0.3) is 0 Å². The van der Waals surface area contributed by atoms with Crippen molar-refractivity contribution in [3.8, 4) is 5.75 Å². The summed E-state index contributed by atoms with van der Waals surface area (Å²) >= 11 is 0. The van der Waals surface area contributed by atoms with Crippen molar-refractivity contribution in [3.05, 3.63) is 29.8 Å². The Hall–Kier alpha value is -1.27. The molecule has 19 heavy (non-hydrogen) atoms. The zero-order valence-electron chi connectivity index (χ0n) is 10.7. The Morgan fingerprint density at radius 2 is 2.00 bits per heavy atom. The number of hydrogen-bond acceptors (Lipinski definition) is 3. The fourth-order valence-electron chi connectivity index (χ4n) is 2.21. The van der Waals surface area contributed by atoms with Gasteiger partial charge in [0.2, 0.25) is 0 Å². The van der Waals surface area contributed by atoms with Crippen LogP contribution in [0.1, 0.15) is 12.5 Å². The van der Waals surface area contributed by atoms with E-state index in [0.717, 1.165) is 31.7 Å². The average molecular weight is 274 g/mol. The van der Waals surface area contributed by atoms with Gasteiger partial charge in [0.15, 0.2) is 0 Å². The molecule has 0 aliphatic carbocycles. The molecule has 1 aromatic carbocycles. The molecule has 2 rings (SSSR count). The summed E-state index contributed by atoms with van der Waals surface area (Å²) < 4.78 is 39.9. The van der Waals surface area contributed by atoms with E-state index in [0.29, 0.717) is 6.04 Å². The minimum Gasteiger partial charge on any atom is -0.406 e. The summed E-state index contributed by atoms with van der Waals surface area (Å²) in [6.45, 7) is 5.70. The van der Waals surface area contributed by atoms with Gasteiger partial charge in [-0.3, -0.25) is 4.90 Å². The maximum atomic E-state index is 12.0. The number of benzene rings is 1. The summed E-state index contributed by atoms with van der Waals surface area (Å²) in [6.07, 6.45) is -4.63. The van der Waals surface area contributed by atoms with Gasteiger partial charge in [-0.25, -0.2) is 0 Å². The van der Waals surface area contributed by atoms with Gasteiger partial charge in [-0.05, 0) is 24.6 Å². The molecule has 1 heterocycles. The molecule has 1 saturated heterocycles. The molecule has 6 heteroatoms. The van der Waals surface area contributed by atoms with E-state index in [2.05, 4.69) is 21.9 Å². The molecule has 1 aliphatic heterocycles. The molecule has 1 aromatic rings. The summed E-state index contributed by atoms with van der Waals surface area (Å²) in [6, 6.07) is 6.51. The Morgan fingerprint density at radius 3 is 2.58 bits per heavy atom. The lowest BCUT2D eigenvalue weighted by atomic mass is 10.1. The van der Waals surface area contributed by atoms with Crippen molar-refractivity contribution in [3.63, 3.8) is 0 Å². The predicted octanol–water partition coefficient (Wildman–Crippen LogP) is 2.38. The maximum absolute atomic E-state index is 12.0. The highest BCUT2D eigenvalue weighted by molar-refractivity contribution is 5.27. The second kappa shape index (κ2) is 5.79. The van der Waals surface area contributed by atoms with Crippen LogP contribution in [0.3, 0.4) is 0 Å². The minimum atomic E-state index is -4.63. The molecule has 1 fully saturated rings. The summed E-state index contributed by atoms with van der Waals surface area (Å²) in [5.74, 6) is -0.176. The lowest BCUT2D eigenvalue weighted by Gasteiger charge is -2.31. The van der Waals surface area contributed by atoms with Crippen molar-refractivity contribution >= 4 is 0 Å². The van der Waals surface area contributed by atoms with E-state index in [1.54, 1.807) is 12.1 Å². The third-order valence-electron chi connectivity index (χ3n) is 3.02. The number of alkyl halides is 3. The second-order valence-electron chi connectivity index (χ2n) is 4.78. The maximum Gasteiger partial charge on any atom is 0.573 e. The standard InChI is InChI=1S/C13H17F3N2O/c1-10-8-18(7-6-17-10)9-11-2-4-12(5-3-11)19-13(14,15)16/h2-5,10,17H,6-9H2,1H3/t10-/m1/s1. The summed E-state index contributed by atoms with van der Waals surface area (Å²) in [5, 5.41) is 3.35. The molecule has 1 atom stereocenters. The van der Waals surface area contributed by atoms with Crippen LogP contribution < -0.4 is 10.1 Å². The number of rotatable bonds is 3. The molecule has 0 radical (unpaired) electrons. The molecule has 1 N–H and O–H groups in total. The molecular weight excluding hydrogens is 257 g/mol. The molecule has 106 valence electrons. The monoisotopic (exact) mass is 274 g/mol. The molecular formula is C13H17F3N2O. The quantitative estimate of drug-likeness (QED) is 0.916. The van der Waals surface area contributed by atoms with Crippen molar-refractivity contribution < 1.29 is 17.9 Å². The Balaban J connectivity index is 1.91. The normalized spacial score (nSPS) is 21.4. The van der Waals surface area contributed by atoms with Crippen molar-refractivity contribution in [1.29, 1.82) is 0 Å². The zero-order chi connectivity index (χ0) is 13.9. The largest absolute Gasteiger partial charge is 0.573 e. The predicted molar refractivity (Wildman–Crippen MR) is 65.9 cm³/mol. The van der Waals surface area contributed by atoms with E-state index < -0.39 is 6.36 Å². The Bertz CT molecular complexity index is 405. The van der Waals surface area contributed by atoms with Crippen LogP contribution in [-0.2, 0) is 6.54 Å². The molecule has 0 aromatic heterocycles. The van der Waals surface area contributed by atoms with Crippen LogP contribution in [0.15, 0.2) is 24.3 Å². The summed E-state index contributed by atoms with van der Waals surface area (Å²) in [5.41, 5.74) is 0.989. The Kier molecular flexibility index (Phi) is 4.31. The minimum absolute atomic E-state index is 0.176. The van der Waals surface area contributed by atoms with Gasteiger partial charge in [0.05, 0.1) is 0 Å². The van der Waals surface area contributed by atoms with E-state index in [1.807, 2.05) is 0 Å². The third kappa shape index (κ3) is 4.72. The highest BCUT2D eigenvalue weighted by Gasteiger charge is 2.30. The van der Waals surface area contributed by atoms with Gasteiger partial charge in [0.25, 0.3) is 0 Å². The van der Waals surface area contributed by atoms with Gasteiger partial charge >= 0.3 is 6.36 Å². The third-order valence-corrected chi connectivity index (χ3v) is 3.02. The number of ether oxygens (including phenoxy) is 1. The van der Waals surface area contributed by atoms with Crippen molar-refractivity contribution in [2.75, 3.05) is 19.6 Å². The van der Waals surface area contributed by atoms with Crippen molar-refractivity contribution in [2.45, 2.75) is 25.9 Å². The molecule has 0 bridgehead atoms. The fourth-order valence-corrected chi connectivity index (χ4v) is 2.21. The van der Waals surface area contributed by atoms with Crippen molar-refractivity contribution in [2.24, 2.45) is 0 Å². The second-order valence-corrected chi connectivity index (χ2v) is 4.78. The van der Waals surface area contributed by atoms with Gasteiger partial charge < -0.3 is 10.1 Å². The van der Waals surface area contributed by atoms with Gasteiger partial charge in [0, 0.05) is 32.2 Å². The molecule has 1 aliphatic rings. The number of hydrogen-bond donors (Lipinski definition) is 1. The van der Waals surface area contributed by atoms with E-state index in [-0.39, 0.29) is 5.75 Å². The summed E-state index contributed by atoms with van der Waals surface area (Å²) in [4.78, 5) is 2.28. The van der Waals surface area contributed by atoms with Gasteiger partial charge in [-0.2, -0.15) is 0 Å².